The number of ether oxygens (including phenoxy) is 2. The van der Waals surface area contributed by atoms with Gasteiger partial charge >= 0.3 is 0 Å². The minimum absolute atomic E-state index is 0.167. The average molecular weight is 251 g/mol. The van der Waals surface area contributed by atoms with E-state index in [4.69, 9.17) is 15.2 Å². The summed E-state index contributed by atoms with van der Waals surface area (Å²) in [7, 11) is 1.69. The largest absolute Gasteiger partial charge is 0.382 e. The summed E-state index contributed by atoms with van der Waals surface area (Å²) in [6.07, 6.45) is 4.48. The number of methoxy groups -OCH3 is 1. The van der Waals surface area contributed by atoms with Gasteiger partial charge in [0, 0.05) is 19.8 Å². The third-order valence-corrected chi connectivity index (χ3v) is 2.96. The maximum Gasteiger partial charge on any atom is 0.0700 e. The first kappa shape index (κ1) is 15.2. The summed E-state index contributed by atoms with van der Waals surface area (Å²) in [5, 5.41) is 0. The summed E-state index contributed by atoms with van der Waals surface area (Å²) in [5.41, 5.74) is 7.36. The third kappa shape index (κ3) is 6.74. The lowest BCUT2D eigenvalue weighted by molar-refractivity contribution is 0.0685. The van der Waals surface area contributed by atoms with Gasteiger partial charge in [-0.25, -0.2) is 0 Å². The normalized spacial score (nSPS) is 12.6. The van der Waals surface area contributed by atoms with Gasteiger partial charge in [0.25, 0.3) is 0 Å². The van der Waals surface area contributed by atoms with Gasteiger partial charge in [-0.2, -0.15) is 0 Å². The van der Waals surface area contributed by atoms with Crippen LogP contribution < -0.4 is 5.73 Å². The summed E-state index contributed by atoms with van der Waals surface area (Å²) < 4.78 is 10.3. The Morgan fingerprint density at radius 3 is 2.50 bits per heavy atom. The molecule has 0 saturated heterocycles. The fourth-order valence-electron chi connectivity index (χ4n) is 1.86. The molecule has 0 heterocycles. The summed E-state index contributed by atoms with van der Waals surface area (Å²) in [6, 6.07) is 10.5. The SMILES string of the molecule is COCCOCCCCCC(N)c1ccccc1. The van der Waals surface area contributed by atoms with Gasteiger partial charge in [0.15, 0.2) is 0 Å². The predicted octanol–water partition coefficient (Wildman–Crippen LogP) is 2.91. The van der Waals surface area contributed by atoms with Crippen LogP contribution in [0.1, 0.15) is 37.3 Å². The molecule has 0 aliphatic heterocycles. The second-order valence-electron chi connectivity index (χ2n) is 4.47. The van der Waals surface area contributed by atoms with Crippen LogP contribution in [-0.4, -0.2) is 26.9 Å². The van der Waals surface area contributed by atoms with Crippen LogP contribution in [0.4, 0.5) is 0 Å². The van der Waals surface area contributed by atoms with Gasteiger partial charge in [0.1, 0.15) is 0 Å². The molecule has 0 aliphatic rings. The third-order valence-electron chi connectivity index (χ3n) is 2.96. The molecule has 0 aromatic heterocycles. The van der Waals surface area contributed by atoms with Gasteiger partial charge in [-0.1, -0.05) is 43.2 Å². The molecule has 0 bridgehead atoms. The molecular formula is C15H25NO2. The van der Waals surface area contributed by atoms with Crippen molar-refractivity contribution in [3.8, 4) is 0 Å². The Hall–Kier alpha value is -0.900. The van der Waals surface area contributed by atoms with E-state index < -0.39 is 0 Å². The molecule has 1 rings (SSSR count). The zero-order chi connectivity index (χ0) is 13.1. The fraction of sp³-hybridized carbons (Fsp3) is 0.600. The van der Waals surface area contributed by atoms with Crippen LogP contribution >= 0.6 is 0 Å². The first-order valence-corrected chi connectivity index (χ1v) is 6.72. The van der Waals surface area contributed by atoms with E-state index in [9.17, 15) is 0 Å². The molecular weight excluding hydrogens is 226 g/mol. The van der Waals surface area contributed by atoms with Gasteiger partial charge < -0.3 is 15.2 Å². The summed E-state index contributed by atoms with van der Waals surface area (Å²) >= 11 is 0. The zero-order valence-corrected chi connectivity index (χ0v) is 11.3. The van der Waals surface area contributed by atoms with E-state index in [1.54, 1.807) is 7.11 Å². The van der Waals surface area contributed by atoms with Crippen molar-refractivity contribution < 1.29 is 9.47 Å². The molecule has 1 atom stereocenters. The smallest absolute Gasteiger partial charge is 0.0700 e. The minimum atomic E-state index is 0.167. The Balaban J connectivity index is 1.98. The van der Waals surface area contributed by atoms with E-state index in [0.717, 1.165) is 25.9 Å². The van der Waals surface area contributed by atoms with Crippen molar-refractivity contribution in [1.82, 2.24) is 0 Å². The van der Waals surface area contributed by atoms with Gasteiger partial charge in [-0.3, -0.25) is 0 Å². The molecule has 1 aromatic carbocycles. The monoisotopic (exact) mass is 251 g/mol. The van der Waals surface area contributed by atoms with Crippen LogP contribution in [0.25, 0.3) is 0 Å². The van der Waals surface area contributed by atoms with Crippen molar-refractivity contribution in [2.45, 2.75) is 31.7 Å². The van der Waals surface area contributed by atoms with Crippen molar-refractivity contribution in [2.75, 3.05) is 26.9 Å². The number of hydrogen-bond donors (Lipinski definition) is 1. The lowest BCUT2D eigenvalue weighted by atomic mass is 10.0. The minimum Gasteiger partial charge on any atom is -0.382 e. The van der Waals surface area contributed by atoms with Crippen LogP contribution in [0.3, 0.4) is 0 Å². The molecule has 18 heavy (non-hydrogen) atoms. The molecule has 3 heteroatoms. The lowest BCUT2D eigenvalue weighted by Crippen LogP contribution is -2.10. The number of rotatable bonds is 10. The fourth-order valence-corrected chi connectivity index (χ4v) is 1.86. The van der Waals surface area contributed by atoms with Crippen LogP contribution in [0, 0.1) is 0 Å². The molecule has 0 amide bonds. The molecule has 2 N–H and O–H groups in total. The van der Waals surface area contributed by atoms with Crippen molar-refractivity contribution in [2.24, 2.45) is 5.73 Å². The zero-order valence-electron chi connectivity index (χ0n) is 11.3. The molecule has 0 spiro atoms. The maximum absolute atomic E-state index is 6.13. The average Bonchev–Trinajstić information content (AvgIpc) is 2.42. The molecule has 1 aromatic rings. The molecule has 1 unspecified atom stereocenters. The molecule has 102 valence electrons. The quantitative estimate of drug-likeness (QED) is 0.650. The molecule has 0 aliphatic carbocycles. The number of hydrogen-bond acceptors (Lipinski definition) is 3. The van der Waals surface area contributed by atoms with E-state index in [1.165, 1.54) is 12.0 Å². The summed E-state index contributed by atoms with van der Waals surface area (Å²) in [4.78, 5) is 0. The Bertz CT molecular complexity index is 290. The molecule has 0 radical (unpaired) electrons. The second kappa shape index (κ2) is 10.1. The van der Waals surface area contributed by atoms with Crippen molar-refractivity contribution >= 4 is 0 Å². The highest BCUT2D eigenvalue weighted by atomic mass is 16.5. The van der Waals surface area contributed by atoms with E-state index in [0.29, 0.717) is 13.2 Å². The van der Waals surface area contributed by atoms with Crippen LogP contribution in [-0.2, 0) is 9.47 Å². The number of unbranched alkanes of at least 4 members (excludes halogenated alkanes) is 2. The molecule has 0 saturated carbocycles. The Labute approximate surface area is 110 Å². The Kier molecular flexibility index (Phi) is 8.47. The lowest BCUT2D eigenvalue weighted by Gasteiger charge is -2.11. The second-order valence-corrected chi connectivity index (χ2v) is 4.47. The van der Waals surface area contributed by atoms with E-state index in [1.807, 2.05) is 18.2 Å². The summed E-state index contributed by atoms with van der Waals surface area (Å²) in [6.45, 7) is 2.20. The van der Waals surface area contributed by atoms with E-state index in [-0.39, 0.29) is 6.04 Å². The van der Waals surface area contributed by atoms with Crippen molar-refractivity contribution in [3.63, 3.8) is 0 Å². The molecule has 0 fully saturated rings. The predicted molar refractivity (Wildman–Crippen MR) is 74.5 cm³/mol. The van der Waals surface area contributed by atoms with Gasteiger partial charge in [-0.15, -0.1) is 0 Å². The van der Waals surface area contributed by atoms with Gasteiger partial charge in [-0.05, 0) is 18.4 Å². The summed E-state index contributed by atoms with van der Waals surface area (Å²) in [5.74, 6) is 0. The van der Waals surface area contributed by atoms with Gasteiger partial charge in [0.05, 0.1) is 13.2 Å². The van der Waals surface area contributed by atoms with E-state index in [2.05, 4.69) is 12.1 Å². The first-order valence-electron chi connectivity index (χ1n) is 6.72. The van der Waals surface area contributed by atoms with Crippen LogP contribution in [0.15, 0.2) is 30.3 Å². The maximum atomic E-state index is 6.13. The number of benzene rings is 1. The Morgan fingerprint density at radius 1 is 1.00 bits per heavy atom. The van der Waals surface area contributed by atoms with Gasteiger partial charge in [0.2, 0.25) is 0 Å². The standard InChI is InChI=1S/C15H25NO2/c1-17-12-13-18-11-7-3-6-10-15(16)14-8-4-2-5-9-14/h2,4-5,8-9,15H,3,6-7,10-13,16H2,1H3. The topological polar surface area (TPSA) is 44.5 Å². The molecule has 3 nitrogen and oxygen atoms in total. The highest BCUT2D eigenvalue weighted by molar-refractivity contribution is 5.18. The highest BCUT2D eigenvalue weighted by Gasteiger charge is 2.04. The van der Waals surface area contributed by atoms with Crippen LogP contribution in [0.5, 0.6) is 0 Å². The van der Waals surface area contributed by atoms with Crippen molar-refractivity contribution in [3.05, 3.63) is 35.9 Å². The van der Waals surface area contributed by atoms with Crippen LogP contribution in [0.2, 0.25) is 0 Å². The Morgan fingerprint density at radius 2 is 1.78 bits per heavy atom. The highest BCUT2D eigenvalue weighted by Crippen LogP contribution is 2.16. The number of nitrogens with two attached hydrogens (primary N) is 1. The van der Waals surface area contributed by atoms with E-state index >= 15 is 0 Å². The first-order chi connectivity index (χ1) is 8.84. The van der Waals surface area contributed by atoms with Crippen molar-refractivity contribution in [1.29, 1.82) is 0 Å².